The molecule has 0 radical (unpaired) electrons. The van der Waals surface area contributed by atoms with Gasteiger partial charge in [-0.1, -0.05) is 66.0 Å². The summed E-state index contributed by atoms with van der Waals surface area (Å²) < 4.78 is 6.89. The van der Waals surface area contributed by atoms with Gasteiger partial charge in [0.15, 0.2) is 8.32 Å². The van der Waals surface area contributed by atoms with Crippen molar-refractivity contribution in [2.75, 3.05) is 0 Å². The van der Waals surface area contributed by atoms with Crippen LogP contribution < -0.4 is 0 Å². The Morgan fingerprint density at radius 2 is 1.75 bits per heavy atom. The predicted molar refractivity (Wildman–Crippen MR) is 138 cm³/mol. The Morgan fingerprint density at radius 1 is 1.06 bits per heavy atom. The van der Waals surface area contributed by atoms with Gasteiger partial charge in [0.1, 0.15) is 0 Å². The van der Waals surface area contributed by atoms with Crippen molar-refractivity contribution in [2.45, 2.75) is 142 Å². The number of hydrogen-bond acceptors (Lipinski definition) is 2. The van der Waals surface area contributed by atoms with E-state index in [1.807, 2.05) is 0 Å². The van der Waals surface area contributed by atoms with Crippen molar-refractivity contribution in [3.8, 4) is 0 Å². The van der Waals surface area contributed by atoms with E-state index in [-0.39, 0.29) is 10.5 Å². The number of hydrogen-bond donors (Lipinski definition) is 1. The Kier molecular flexibility index (Phi) is 6.42. The van der Waals surface area contributed by atoms with Gasteiger partial charge in [-0.05, 0) is 105 Å². The van der Waals surface area contributed by atoms with Gasteiger partial charge in [0.05, 0.1) is 5.60 Å². The fourth-order valence-electron chi connectivity index (χ4n) is 8.31. The number of fused-ring (bicyclic) bond motifs is 5. The number of aliphatic hydroxyl groups is 1. The highest BCUT2D eigenvalue weighted by molar-refractivity contribution is 6.74. The first-order valence-electron chi connectivity index (χ1n) is 13.9. The highest BCUT2D eigenvalue weighted by atomic mass is 28.4. The lowest BCUT2D eigenvalue weighted by atomic mass is 9.47. The van der Waals surface area contributed by atoms with Crippen LogP contribution in [0.3, 0.4) is 0 Å². The Labute approximate surface area is 200 Å². The van der Waals surface area contributed by atoms with Crippen LogP contribution in [0.1, 0.15) is 112 Å². The van der Waals surface area contributed by atoms with Crippen molar-refractivity contribution in [3.05, 3.63) is 11.6 Å². The molecule has 4 aliphatic rings. The third kappa shape index (κ3) is 3.81. The van der Waals surface area contributed by atoms with Crippen molar-refractivity contribution in [2.24, 2.45) is 28.6 Å². The molecule has 184 valence electrons. The molecule has 4 rings (SSSR count). The van der Waals surface area contributed by atoms with Crippen molar-refractivity contribution >= 4 is 8.32 Å². The van der Waals surface area contributed by atoms with Crippen LogP contribution >= 0.6 is 0 Å². The van der Waals surface area contributed by atoms with E-state index in [0.29, 0.717) is 17.4 Å². The second kappa shape index (κ2) is 8.23. The van der Waals surface area contributed by atoms with E-state index in [2.05, 4.69) is 60.7 Å². The summed E-state index contributed by atoms with van der Waals surface area (Å²) in [5.41, 5.74) is 1.80. The van der Waals surface area contributed by atoms with E-state index in [0.717, 1.165) is 31.1 Å². The molecule has 3 saturated carbocycles. The average molecular weight is 461 g/mol. The monoisotopic (exact) mass is 460 g/mol. The molecule has 0 aliphatic heterocycles. The number of unbranched alkanes of at least 4 members (excludes halogenated alkanes) is 1. The lowest BCUT2D eigenvalue weighted by molar-refractivity contribution is -0.128. The lowest BCUT2D eigenvalue weighted by Crippen LogP contribution is -2.55. The molecule has 3 fully saturated rings. The minimum atomic E-state index is -1.72. The SMILES string of the molecule is CCCC[C@]1(O)CCC2C3CC=C4C[C@@H](O[Si](C)(C)C(C)(C)C)CC[C@]4(C)C3CC[C@@]21C. The fourth-order valence-corrected chi connectivity index (χ4v) is 9.70. The first-order valence-corrected chi connectivity index (χ1v) is 16.8. The molecule has 0 aromatic rings. The van der Waals surface area contributed by atoms with E-state index >= 15 is 0 Å². The molecular formula is C29H52O2Si. The van der Waals surface area contributed by atoms with E-state index < -0.39 is 13.9 Å². The van der Waals surface area contributed by atoms with Gasteiger partial charge < -0.3 is 9.53 Å². The van der Waals surface area contributed by atoms with Crippen LogP contribution in [0.25, 0.3) is 0 Å². The molecular weight excluding hydrogens is 408 g/mol. The van der Waals surface area contributed by atoms with Crippen LogP contribution in [0.2, 0.25) is 18.1 Å². The summed E-state index contributed by atoms with van der Waals surface area (Å²) in [6, 6.07) is 0. The molecule has 2 nitrogen and oxygen atoms in total. The van der Waals surface area contributed by atoms with E-state index in [1.165, 1.54) is 51.4 Å². The second-order valence-electron chi connectivity index (χ2n) is 14.1. The third-order valence-electron chi connectivity index (χ3n) is 11.6. The summed E-state index contributed by atoms with van der Waals surface area (Å²) in [4.78, 5) is 0. The van der Waals surface area contributed by atoms with Gasteiger partial charge >= 0.3 is 0 Å². The second-order valence-corrected chi connectivity index (χ2v) is 18.9. The lowest BCUT2D eigenvalue weighted by Gasteiger charge is -2.59. The summed E-state index contributed by atoms with van der Waals surface area (Å²) >= 11 is 0. The van der Waals surface area contributed by atoms with Gasteiger partial charge in [0.25, 0.3) is 0 Å². The highest BCUT2D eigenvalue weighted by Crippen LogP contribution is 2.68. The summed E-state index contributed by atoms with van der Waals surface area (Å²) in [5, 5.41) is 12.0. The summed E-state index contributed by atoms with van der Waals surface area (Å²) in [6.45, 7) is 19.2. The topological polar surface area (TPSA) is 29.5 Å². The van der Waals surface area contributed by atoms with Gasteiger partial charge in [0, 0.05) is 6.10 Å². The van der Waals surface area contributed by atoms with Crippen LogP contribution in [0, 0.1) is 28.6 Å². The van der Waals surface area contributed by atoms with Gasteiger partial charge in [-0.2, -0.15) is 0 Å². The van der Waals surface area contributed by atoms with Gasteiger partial charge in [0.2, 0.25) is 0 Å². The van der Waals surface area contributed by atoms with Crippen molar-refractivity contribution in [1.29, 1.82) is 0 Å². The average Bonchev–Trinajstić information content (AvgIpc) is 2.97. The first-order chi connectivity index (χ1) is 14.8. The third-order valence-corrected chi connectivity index (χ3v) is 16.1. The van der Waals surface area contributed by atoms with Crippen molar-refractivity contribution in [3.63, 3.8) is 0 Å². The zero-order valence-electron chi connectivity index (χ0n) is 22.5. The molecule has 0 saturated heterocycles. The molecule has 0 heterocycles. The van der Waals surface area contributed by atoms with Crippen LogP contribution in [-0.4, -0.2) is 25.1 Å². The van der Waals surface area contributed by atoms with Crippen molar-refractivity contribution < 1.29 is 9.53 Å². The quantitative estimate of drug-likeness (QED) is 0.330. The van der Waals surface area contributed by atoms with Crippen molar-refractivity contribution in [1.82, 2.24) is 0 Å². The van der Waals surface area contributed by atoms with Gasteiger partial charge in [-0.25, -0.2) is 0 Å². The molecule has 3 unspecified atom stereocenters. The summed E-state index contributed by atoms with van der Waals surface area (Å²) in [6.07, 6.45) is 16.2. The standard InChI is InChI=1S/C29H52O2Si/c1-9-10-16-29(30)19-15-25-23-12-11-21-20-22(31-32(7,8)26(2,3)4)13-17-27(21,5)24(23)14-18-28(25,29)6/h11,22-25,30H,9-10,12-20H2,1-8H3/t22-,23?,24?,25?,27-,28-,29-/m0/s1. The van der Waals surface area contributed by atoms with Crippen LogP contribution in [0.5, 0.6) is 0 Å². The Hall–Kier alpha value is -0.123. The molecule has 0 aromatic carbocycles. The molecule has 1 N–H and O–H groups in total. The molecule has 4 aliphatic carbocycles. The largest absolute Gasteiger partial charge is 0.414 e. The first kappa shape index (κ1) is 25.0. The Morgan fingerprint density at radius 3 is 2.41 bits per heavy atom. The molecule has 0 aromatic heterocycles. The van der Waals surface area contributed by atoms with Gasteiger partial charge in [-0.3, -0.25) is 0 Å². The van der Waals surface area contributed by atoms with E-state index in [4.69, 9.17) is 4.43 Å². The maximum absolute atomic E-state index is 11.7. The van der Waals surface area contributed by atoms with Gasteiger partial charge in [-0.15, -0.1) is 0 Å². The maximum Gasteiger partial charge on any atom is 0.192 e. The highest BCUT2D eigenvalue weighted by Gasteiger charge is 2.63. The minimum absolute atomic E-state index is 0.133. The van der Waals surface area contributed by atoms with E-state index in [1.54, 1.807) is 5.57 Å². The summed E-state index contributed by atoms with van der Waals surface area (Å²) in [7, 11) is -1.72. The minimum Gasteiger partial charge on any atom is -0.414 e. The van der Waals surface area contributed by atoms with Crippen LogP contribution in [0.15, 0.2) is 11.6 Å². The fraction of sp³-hybridized carbons (Fsp3) is 0.931. The van der Waals surface area contributed by atoms with E-state index in [9.17, 15) is 5.11 Å². The molecule has 32 heavy (non-hydrogen) atoms. The Balaban J connectivity index is 1.52. The summed E-state index contributed by atoms with van der Waals surface area (Å²) in [5.74, 6) is 2.29. The molecule has 7 atom stereocenters. The number of rotatable bonds is 5. The number of allylic oxidation sites excluding steroid dienone is 1. The molecule has 3 heteroatoms. The molecule has 0 bridgehead atoms. The Bertz CT molecular complexity index is 736. The zero-order valence-corrected chi connectivity index (χ0v) is 23.5. The van der Waals surface area contributed by atoms with Crippen LogP contribution in [-0.2, 0) is 4.43 Å². The van der Waals surface area contributed by atoms with Crippen LogP contribution in [0.4, 0.5) is 0 Å². The maximum atomic E-state index is 11.7. The molecule has 0 amide bonds. The molecule has 0 spiro atoms. The smallest absolute Gasteiger partial charge is 0.192 e. The predicted octanol–water partition coefficient (Wildman–Crippen LogP) is 8.26. The zero-order chi connectivity index (χ0) is 23.6. The normalized spacial score (nSPS) is 44.5.